The van der Waals surface area contributed by atoms with Gasteiger partial charge in [-0.05, 0) is 26.3 Å². The molecule has 0 N–H and O–H groups in total. The number of hydrogen-bond donors (Lipinski definition) is 0. The molecule has 0 saturated carbocycles. The summed E-state index contributed by atoms with van der Waals surface area (Å²) in [5, 5.41) is 3.03. The highest BCUT2D eigenvalue weighted by atomic mass is 32.1. The lowest BCUT2D eigenvalue weighted by molar-refractivity contribution is -0.128. The quantitative estimate of drug-likeness (QED) is 0.845. The molecule has 0 aliphatic carbocycles. The van der Waals surface area contributed by atoms with Crippen LogP contribution in [0.2, 0.25) is 0 Å². The number of furan rings is 1. The maximum Gasteiger partial charge on any atom is 0.257 e. The SMILES string of the molecule is Cc1nc(CN2C[C@]3(CCN(C(=O)c4ccoc4C)C3)CC2=O)cs1. The van der Waals surface area contributed by atoms with E-state index in [1.54, 1.807) is 30.6 Å². The number of amides is 2. The molecule has 1 spiro atoms. The molecule has 6 nitrogen and oxygen atoms in total. The Bertz CT molecular complexity index is 827. The number of aryl methyl sites for hydroxylation is 2. The van der Waals surface area contributed by atoms with Crippen molar-refractivity contribution in [1.29, 1.82) is 0 Å². The van der Waals surface area contributed by atoms with E-state index in [9.17, 15) is 9.59 Å². The van der Waals surface area contributed by atoms with E-state index in [-0.39, 0.29) is 17.2 Å². The molecule has 4 heterocycles. The molecule has 2 aromatic rings. The fourth-order valence-corrected chi connectivity index (χ4v) is 4.56. The first-order chi connectivity index (χ1) is 12.0. The van der Waals surface area contributed by atoms with Crippen molar-refractivity contribution in [2.45, 2.75) is 33.2 Å². The lowest BCUT2D eigenvalue weighted by Gasteiger charge is -2.24. The van der Waals surface area contributed by atoms with E-state index in [1.807, 2.05) is 22.1 Å². The van der Waals surface area contributed by atoms with E-state index in [1.165, 1.54) is 0 Å². The highest BCUT2D eigenvalue weighted by Crippen LogP contribution is 2.41. The lowest BCUT2D eigenvalue weighted by Crippen LogP contribution is -2.34. The van der Waals surface area contributed by atoms with Crippen LogP contribution in [0.5, 0.6) is 0 Å². The Morgan fingerprint density at radius 2 is 2.24 bits per heavy atom. The van der Waals surface area contributed by atoms with E-state index in [0.29, 0.717) is 43.9 Å². The van der Waals surface area contributed by atoms with Gasteiger partial charge in [0.05, 0.1) is 29.1 Å². The van der Waals surface area contributed by atoms with Crippen molar-refractivity contribution in [1.82, 2.24) is 14.8 Å². The molecule has 2 aliphatic rings. The number of aromatic nitrogens is 1. The van der Waals surface area contributed by atoms with Gasteiger partial charge in [-0.2, -0.15) is 0 Å². The summed E-state index contributed by atoms with van der Waals surface area (Å²) in [6, 6.07) is 1.72. The standard InChI is InChI=1S/C18H21N3O3S/c1-12-15(3-6-24-12)17(23)20-5-4-18(10-20)7-16(22)21(11-18)8-14-9-25-13(2)19-14/h3,6,9H,4-5,7-8,10-11H2,1-2H3/t18-/m1/s1. The van der Waals surface area contributed by atoms with Crippen LogP contribution in [0.3, 0.4) is 0 Å². The van der Waals surface area contributed by atoms with Gasteiger partial charge in [-0.3, -0.25) is 9.59 Å². The van der Waals surface area contributed by atoms with Crippen LogP contribution in [0.25, 0.3) is 0 Å². The van der Waals surface area contributed by atoms with Crippen molar-refractivity contribution in [2.24, 2.45) is 5.41 Å². The molecule has 1 atom stereocenters. The number of likely N-dealkylation sites (tertiary alicyclic amines) is 2. The van der Waals surface area contributed by atoms with Gasteiger partial charge >= 0.3 is 0 Å². The van der Waals surface area contributed by atoms with Crippen LogP contribution in [-0.2, 0) is 11.3 Å². The number of carbonyl (C=O) groups excluding carboxylic acids is 2. The predicted molar refractivity (Wildman–Crippen MR) is 93.3 cm³/mol. The summed E-state index contributed by atoms with van der Waals surface area (Å²) in [5.74, 6) is 0.817. The molecule has 0 radical (unpaired) electrons. The van der Waals surface area contributed by atoms with E-state index in [4.69, 9.17) is 4.42 Å². The van der Waals surface area contributed by atoms with Crippen molar-refractivity contribution in [3.05, 3.63) is 39.7 Å². The number of thiazole rings is 1. The highest BCUT2D eigenvalue weighted by Gasteiger charge is 2.48. The first kappa shape index (κ1) is 16.3. The third-order valence-electron chi connectivity index (χ3n) is 5.24. The Kier molecular flexibility index (Phi) is 3.91. The van der Waals surface area contributed by atoms with Crippen LogP contribution < -0.4 is 0 Å². The molecule has 2 saturated heterocycles. The van der Waals surface area contributed by atoms with Crippen LogP contribution in [-0.4, -0.2) is 46.2 Å². The van der Waals surface area contributed by atoms with Crippen molar-refractivity contribution in [2.75, 3.05) is 19.6 Å². The second kappa shape index (κ2) is 5.98. The Balaban J connectivity index is 1.44. The molecule has 2 aliphatic heterocycles. The van der Waals surface area contributed by atoms with Crippen LogP contribution in [0.1, 0.15) is 39.7 Å². The van der Waals surface area contributed by atoms with Gasteiger partial charge in [-0.15, -0.1) is 11.3 Å². The largest absolute Gasteiger partial charge is 0.469 e. The van der Waals surface area contributed by atoms with Crippen molar-refractivity contribution in [3.8, 4) is 0 Å². The molecule has 25 heavy (non-hydrogen) atoms. The number of nitrogens with zero attached hydrogens (tertiary/aromatic N) is 3. The average Bonchev–Trinajstić information content (AvgIpc) is 3.31. The van der Waals surface area contributed by atoms with Gasteiger partial charge in [0.2, 0.25) is 5.91 Å². The molecule has 0 aromatic carbocycles. The summed E-state index contributed by atoms with van der Waals surface area (Å²) in [7, 11) is 0. The third kappa shape index (κ3) is 2.97. The summed E-state index contributed by atoms with van der Waals surface area (Å²) >= 11 is 1.61. The number of hydrogen-bond acceptors (Lipinski definition) is 5. The molecular weight excluding hydrogens is 338 g/mol. The fourth-order valence-electron chi connectivity index (χ4n) is 3.96. The monoisotopic (exact) mass is 359 g/mol. The normalized spacial score (nSPS) is 23.2. The smallest absolute Gasteiger partial charge is 0.257 e. The summed E-state index contributed by atoms with van der Waals surface area (Å²) in [6.45, 7) is 6.38. The second-order valence-corrected chi connectivity index (χ2v) is 8.21. The Morgan fingerprint density at radius 1 is 1.40 bits per heavy atom. The van der Waals surface area contributed by atoms with Crippen LogP contribution in [0.15, 0.2) is 22.1 Å². The Morgan fingerprint density at radius 3 is 2.92 bits per heavy atom. The average molecular weight is 359 g/mol. The van der Waals surface area contributed by atoms with Gasteiger partial charge in [0.15, 0.2) is 0 Å². The lowest BCUT2D eigenvalue weighted by atomic mass is 9.86. The van der Waals surface area contributed by atoms with Crippen molar-refractivity contribution in [3.63, 3.8) is 0 Å². The number of carbonyl (C=O) groups is 2. The van der Waals surface area contributed by atoms with Crippen molar-refractivity contribution >= 4 is 23.2 Å². The van der Waals surface area contributed by atoms with Gasteiger partial charge in [0.1, 0.15) is 5.76 Å². The van der Waals surface area contributed by atoms with Gasteiger partial charge in [-0.1, -0.05) is 0 Å². The molecule has 0 unspecified atom stereocenters. The molecule has 2 amide bonds. The zero-order chi connectivity index (χ0) is 17.6. The minimum Gasteiger partial charge on any atom is -0.469 e. The summed E-state index contributed by atoms with van der Waals surface area (Å²) in [4.78, 5) is 33.4. The number of rotatable bonds is 3. The second-order valence-electron chi connectivity index (χ2n) is 7.15. The fraction of sp³-hybridized carbons (Fsp3) is 0.500. The summed E-state index contributed by atoms with van der Waals surface area (Å²) in [6.07, 6.45) is 2.93. The van der Waals surface area contributed by atoms with Crippen molar-refractivity contribution < 1.29 is 14.0 Å². The van der Waals surface area contributed by atoms with E-state index in [0.717, 1.165) is 17.1 Å². The zero-order valence-corrected chi connectivity index (χ0v) is 15.3. The molecule has 7 heteroatoms. The molecule has 2 aromatic heterocycles. The molecule has 2 fully saturated rings. The molecule has 0 bridgehead atoms. The van der Waals surface area contributed by atoms with E-state index in [2.05, 4.69) is 4.98 Å². The highest BCUT2D eigenvalue weighted by molar-refractivity contribution is 7.09. The molecular formula is C18H21N3O3S. The van der Waals surface area contributed by atoms with E-state index < -0.39 is 0 Å². The minimum absolute atomic E-state index is 0.00384. The maximum atomic E-state index is 12.7. The van der Waals surface area contributed by atoms with Gasteiger partial charge in [0.25, 0.3) is 5.91 Å². The van der Waals surface area contributed by atoms with Crippen LogP contribution in [0.4, 0.5) is 0 Å². The maximum absolute atomic E-state index is 12.7. The zero-order valence-electron chi connectivity index (χ0n) is 14.4. The van der Waals surface area contributed by atoms with Crippen LogP contribution in [0, 0.1) is 19.3 Å². The van der Waals surface area contributed by atoms with Crippen LogP contribution >= 0.6 is 11.3 Å². The van der Waals surface area contributed by atoms with Gasteiger partial charge in [-0.25, -0.2) is 4.98 Å². The first-order valence-electron chi connectivity index (χ1n) is 8.48. The molecule has 4 rings (SSSR count). The summed E-state index contributed by atoms with van der Waals surface area (Å²) < 4.78 is 5.25. The topological polar surface area (TPSA) is 66.7 Å². The van der Waals surface area contributed by atoms with Gasteiger partial charge in [0, 0.05) is 36.9 Å². The third-order valence-corrected chi connectivity index (χ3v) is 6.06. The Hall–Kier alpha value is -2.15. The van der Waals surface area contributed by atoms with Gasteiger partial charge < -0.3 is 14.2 Å². The Labute approximate surface area is 150 Å². The molecule has 132 valence electrons. The predicted octanol–water partition coefficient (Wildman–Crippen LogP) is 2.62. The minimum atomic E-state index is -0.116. The van der Waals surface area contributed by atoms with E-state index >= 15 is 0 Å². The first-order valence-corrected chi connectivity index (χ1v) is 9.36. The summed E-state index contributed by atoms with van der Waals surface area (Å²) in [5.41, 5.74) is 1.46.